The molecule has 0 aromatic rings. The van der Waals surface area contributed by atoms with Crippen molar-refractivity contribution in [2.24, 2.45) is 16.2 Å². The van der Waals surface area contributed by atoms with Gasteiger partial charge >= 0.3 is 0 Å². The molecule has 2 aliphatic rings. The molecule has 0 aromatic heterocycles. The maximum absolute atomic E-state index is 9.15. The van der Waals surface area contributed by atoms with Gasteiger partial charge in [-0.2, -0.15) is 0 Å². The summed E-state index contributed by atoms with van der Waals surface area (Å²) in [5.41, 5.74) is -0.714. The van der Waals surface area contributed by atoms with Crippen LogP contribution in [0.15, 0.2) is 0 Å². The summed E-state index contributed by atoms with van der Waals surface area (Å²) in [6.07, 6.45) is 0.636. The van der Waals surface area contributed by atoms with Crippen LogP contribution in [0.3, 0.4) is 0 Å². The molecule has 2 saturated heterocycles. The molecule has 6 heteroatoms. The van der Waals surface area contributed by atoms with E-state index in [2.05, 4.69) is 0 Å². The summed E-state index contributed by atoms with van der Waals surface area (Å²) in [5, 5.41) is 18.3. The highest BCUT2D eigenvalue weighted by Crippen LogP contribution is 2.39. The average molecular weight is 332 g/mol. The van der Waals surface area contributed by atoms with E-state index in [0.717, 1.165) is 0 Å². The first kappa shape index (κ1) is 19.1. The molecule has 0 aliphatic carbocycles. The van der Waals surface area contributed by atoms with Gasteiger partial charge in [0.2, 0.25) is 0 Å². The minimum absolute atomic E-state index is 0.120. The van der Waals surface area contributed by atoms with Crippen LogP contribution in [0.25, 0.3) is 0 Å². The lowest BCUT2D eigenvalue weighted by Crippen LogP contribution is -2.56. The molecular weight excluding hydrogens is 300 g/mol. The molecule has 2 rings (SSSR count). The zero-order valence-electron chi connectivity index (χ0n) is 14.8. The molecule has 2 fully saturated rings. The Kier molecular flexibility index (Phi) is 6.09. The molecule has 0 radical (unpaired) electrons. The molecule has 2 N–H and O–H groups in total. The molecule has 0 aromatic carbocycles. The molecule has 6 nitrogen and oxygen atoms in total. The minimum atomic E-state index is -0.316. The summed E-state index contributed by atoms with van der Waals surface area (Å²) in [7, 11) is 0. The number of hydrogen-bond donors (Lipinski definition) is 2. The first-order valence-corrected chi connectivity index (χ1v) is 8.43. The first-order valence-electron chi connectivity index (χ1n) is 8.43. The second-order valence-electron chi connectivity index (χ2n) is 8.33. The van der Waals surface area contributed by atoms with Gasteiger partial charge in [0, 0.05) is 24.0 Å². The van der Waals surface area contributed by atoms with Crippen molar-refractivity contribution in [1.29, 1.82) is 0 Å². The minimum Gasteiger partial charge on any atom is -0.396 e. The van der Waals surface area contributed by atoms with Gasteiger partial charge in [-0.05, 0) is 12.8 Å². The smallest absolute Gasteiger partial charge is 0.162 e. The molecule has 0 unspecified atom stereocenters. The zero-order chi connectivity index (χ0) is 17.1. The van der Waals surface area contributed by atoms with Gasteiger partial charge in [0.1, 0.15) is 0 Å². The molecule has 2 heterocycles. The third-order valence-electron chi connectivity index (χ3n) is 4.95. The fourth-order valence-electron chi connectivity index (χ4n) is 3.07. The van der Waals surface area contributed by atoms with E-state index in [9.17, 15) is 0 Å². The number of aliphatic hydroxyl groups excluding tert-OH is 2. The quantitative estimate of drug-likeness (QED) is 0.768. The molecule has 136 valence electrons. The van der Waals surface area contributed by atoms with Gasteiger partial charge < -0.3 is 29.2 Å². The van der Waals surface area contributed by atoms with Gasteiger partial charge in [0.15, 0.2) is 12.6 Å². The second kappa shape index (κ2) is 7.33. The van der Waals surface area contributed by atoms with Crippen molar-refractivity contribution in [3.63, 3.8) is 0 Å². The van der Waals surface area contributed by atoms with Crippen LogP contribution in [0.2, 0.25) is 0 Å². The predicted molar refractivity (Wildman–Crippen MR) is 84.8 cm³/mol. The Labute approximate surface area is 139 Å². The monoisotopic (exact) mass is 332 g/mol. The van der Waals surface area contributed by atoms with Gasteiger partial charge in [-0.25, -0.2) is 0 Å². The molecular formula is C17H32O6. The highest BCUT2D eigenvalue weighted by molar-refractivity contribution is 4.88. The van der Waals surface area contributed by atoms with Gasteiger partial charge in [-0.3, -0.25) is 0 Å². The lowest BCUT2D eigenvalue weighted by Gasteiger charge is -2.48. The van der Waals surface area contributed by atoms with E-state index < -0.39 is 0 Å². The van der Waals surface area contributed by atoms with Crippen LogP contribution in [0.1, 0.15) is 40.5 Å². The fraction of sp³-hybridized carbons (Fsp3) is 1.00. The Morgan fingerprint density at radius 3 is 1.30 bits per heavy atom. The maximum atomic E-state index is 9.15. The van der Waals surface area contributed by atoms with Crippen molar-refractivity contribution < 1.29 is 29.2 Å². The van der Waals surface area contributed by atoms with Crippen molar-refractivity contribution in [3.05, 3.63) is 0 Å². The largest absolute Gasteiger partial charge is 0.396 e. The standard InChI is InChI=1S/C17H32O6/c1-15(2,5-7-18)13-20-9-17(10-21-13)11-22-14(23-12-17)16(3,4)6-8-19/h13-14,18-19H,5-12H2,1-4H3. The molecule has 23 heavy (non-hydrogen) atoms. The lowest BCUT2D eigenvalue weighted by molar-refractivity contribution is -0.335. The zero-order valence-corrected chi connectivity index (χ0v) is 14.8. The lowest BCUT2D eigenvalue weighted by atomic mass is 9.84. The molecule has 0 saturated carbocycles. The van der Waals surface area contributed by atoms with Gasteiger partial charge in [-0.15, -0.1) is 0 Å². The number of rotatable bonds is 6. The average Bonchev–Trinajstić information content (AvgIpc) is 2.48. The number of aliphatic hydroxyl groups is 2. The molecule has 0 bridgehead atoms. The van der Waals surface area contributed by atoms with Gasteiger partial charge in [0.25, 0.3) is 0 Å². The van der Waals surface area contributed by atoms with Crippen LogP contribution < -0.4 is 0 Å². The van der Waals surface area contributed by atoms with E-state index in [-0.39, 0.29) is 42.0 Å². The Morgan fingerprint density at radius 2 is 1.04 bits per heavy atom. The Hall–Kier alpha value is -0.240. The third-order valence-corrected chi connectivity index (χ3v) is 4.95. The summed E-state index contributed by atoms with van der Waals surface area (Å²) in [6, 6.07) is 0. The molecule has 1 spiro atoms. The highest BCUT2D eigenvalue weighted by Gasteiger charge is 2.47. The third kappa shape index (κ3) is 4.44. The van der Waals surface area contributed by atoms with E-state index in [4.69, 9.17) is 29.2 Å². The van der Waals surface area contributed by atoms with Crippen molar-refractivity contribution in [2.75, 3.05) is 39.6 Å². The van der Waals surface area contributed by atoms with Crippen molar-refractivity contribution in [1.82, 2.24) is 0 Å². The van der Waals surface area contributed by atoms with Crippen molar-refractivity contribution in [2.45, 2.75) is 53.1 Å². The summed E-state index contributed by atoms with van der Waals surface area (Å²) >= 11 is 0. The Bertz CT molecular complexity index is 326. The normalized spacial score (nSPS) is 33.1. The summed E-state index contributed by atoms with van der Waals surface area (Å²) < 4.78 is 23.7. The van der Waals surface area contributed by atoms with Crippen LogP contribution >= 0.6 is 0 Å². The SMILES string of the molecule is CC(C)(CCO)C1OCC2(CO1)COC(C(C)(C)CCO)OC2. The maximum Gasteiger partial charge on any atom is 0.162 e. The summed E-state index contributed by atoms with van der Waals surface area (Å²) in [5.74, 6) is 0. The van der Waals surface area contributed by atoms with Crippen LogP contribution in [0.4, 0.5) is 0 Å². The number of ether oxygens (including phenoxy) is 4. The van der Waals surface area contributed by atoms with Gasteiger partial charge in [0.05, 0.1) is 31.8 Å². The molecule has 0 atom stereocenters. The van der Waals surface area contributed by atoms with Crippen LogP contribution in [-0.4, -0.2) is 62.4 Å². The van der Waals surface area contributed by atoms with E-state index in [1.54, 1.807) is 0 Å². The fourth-order valence-corrected chi connectivity index (χ4v) is 3.07. The molecule has 0 amide bonds. The Morgan fingerprint density at radius 1 is 0.739 bits per heavy atom. The second-order valence-corrected chi connectivity index (χ2v) is 8.33. The van der Waals surface area contributed by atoms with Crippen molar-refractivity contribution >= 4 is 0 Å². The summed E-state index contributed by atoms with van der Waals surface area (Å²) in [4.78, 5) is 0. The van der Waals surface area contributed by atoms with Crippen molar-refractivity contribution in [3.8, 4) is 0 Å². The van der Waals surface area contributed by atoms with E-state index in [1.807, 2.05) is 27.7 Å². The predicted octanol–water partition coefficient (Wildman–Crippen LogP) is 1.54. The van der Waals surface area contributed by atoms with Gasteiger partial charge in [-0.1, -0.05) is 27.7 Å². The van der Waals surface area contributed by atoms with E-state index >= 15 is 0 Å². The van der Waals surface area contributed by atoms with Crippen LogP contribution in [0.5, 0.6) is 0 Å². The van der Waals surface area contributed by atoms with E-state index in [0.29, 0.717) is 39.3 Å². The molecule has 2 aliphatic heterocycles. The number of hydrogen-bond acceptors (Lipinski definition) is 6. The van der Waals surface area contributed by atoms with E-state index in [1.165, 1.54) is 0 Å². The summed E-state index contributed by atoms with van der Waals surface area (Å²) in [6.45, 7) is 10.5. The highest BCUT2D eigenvalue weighted by atomic mass is 16.7. The Balaban J connectivity index is 1.86. The van der Waals surface area contributed by atoms with Crippen LogP contribution in [-0.2, 0) is 18.9 Å². The first-order chi connectivity index (χ1) is 10.7. The topological polar surface area (TPSA) is 77.4 Å². The van der Waals surface area contributed by atoms with Crippen LogP contribution in [0, 0.1) is 16.2 Å².